The lowest BCUT2D eigenvalue weighted by atomic mass is 10.3. The molecule has 2 rings (SSSR count). The summed E-state index contributed by atoms with van der Waals surface area (Å²) in [6, 6.07) is 6.67. The van der Waals surface area contributed by atoms with E-state index in [-0.39, 0.29) is 0 Å². The number of aromatic nitrogens is 2. The molecule has 0 spiro atoms. The molecule has 0 bridgehead atoms. The number of thioether (sulfide) groups is 1. The van der Waals surface area contributed by atoms with Crippen molar-refractivity contribution in [3.63, 3.8) is 0 Å². The van der Waals surface area contributed by atoms with Gasteiger partial charge in [-0.1, -0.05) is 13.0 Å². The first-order valence-corrected chi connectivity index (χ1v) is 7.69. The predicted octanol–water partition coefficient (Wildman–Crippen LogP) is 2.61. The summed E-state index contributed by atoms with van der Waals surface area (Å²) in [5.74, 6) is 2.38. The number of rotatable bonds is 7. The van der Waals surface area contributed by atoms with Crippen LogP contribution in [0.1, 0.15) is 19.5 Å². The highest BCUT2D eigenvalue weighted by molar-refractivity contribution is 7.99. The summed E-state index contributed by atoms with van der Waals surface area (Å²) in [7, 11) is 0. The third-order valence-corrected chi connectivity index (χ3v) is 4.00. The van der Waals surface area contributed by atoms with E-state index in [1.54, 1.807) is 0 Å². The Balaban J connectivity index is 1.79. The number of hydrogen-bond acceptors (Lipinski definition) is 3. The van der Waals surface area contributed by atoms with Crippen molar-refractivity contribution >= 4 is 17.4 Å². The molecule has 0 aliphatic heterocycles. The Hall–Kier alpha value is -1.00. The minimum absolute atomic E-state index is 0.576. The van der Waals surface area contributed by atoms with Gasteiger partial charge in [0.1, 0.15) is 5.65 Å². The van der Waals surface area contributed by atoms with Crippen LogP contribution in [0.4, 0.5) is 0 Å². The summed E-state index contributed by atoms with van der Waals surface area (Å²) in [5.41, 5.74) is 2.19. The highest BCUT2D eigenvalue weighted by Gasteiger charge is 2.03. The third-order valence-electron chi connectivity index (χ3n) is 2.86. The molecule has 2 aromatic heterocycles. The first-order chi connectivity index (χ1) is 8.79. The molecular formula is C14H21N3S. The number of nitrogens with zero attached hydrogens (tertiary/aromatic N) is 2. The maximum Gasteiger partial charge on any atom is 0.136 e. The Morgan fingerprint density at radius 1 is 1.44 bits per heavy atom. The molecule has 0 radical (unpaired) electrons. The molecule has 0 amide bonds. The summed E-state index contributed by atoms with van der Waals surface area (Å²) in [5, 5.41) is 3.54. The highest BCUT2D eigenvalue weighted by Crippen LogP contribution is 2.05. The zero-order chi connectivity index (χ0) is 12.8. The zero-order valence-corrected chi connectivity index (χ0v) is 11.9. The van der Waals surface area contributed by atoms with Crippen LogP contribution in [0.25, 0.3) is 5.65 Å². The van der Waals surface area contributed by atoms with Gasteiger partial charge >= 0.3 is 0 Å². The number of hydrogen-bond donors (Lipinski definition) is 1. The average molecular weight is 263 g/mol. The second-order valence-corrected chi connectivity index (χ2v) is 5.78. The van der Waals surface area contributed by atoms with Gasteiger partial charge in [0.15, 0.2) is 0 Å². The largest absolute Gasteiger partial charge is 0.313 e. The van der Waals surface area contributed by atoms with E-state index in [1.165, 1.54) is 11.5 Å². The van der Waals surface area contributed by atoms with Crippen molar-refractivity contribution in [2.75, 3.05) is 18.1 Å². The van der Waals surface area contributed by atoms with Crippen molar-refractivity contribution in [1.29, 1.82) is 0 Å². The van der Waals surface area contributed by atoms with Gasteiger partial charge < -0.3 is 9.72 Å². The third kappa shape index (κ3) is 3.75. The van der Waals surface area contributed by atoms with Crippen LogP contribution in [0.15, 0.2) is 30.6 Å². The lowest BCUT2D eigenvalue weighted by Crippen LogP contribution is -2.30. The smallest absolute Gasteiger partial charge is 0.136 e. The molecule has 2 aromatic rings. The minimum Gasteiger partial charge on any atom is -0.313 e. The van der Waals surface area contributed by atoms with Crippen molar-refractivity contribution in [2.24, 2.45) is 0 Å². The summed E-state index contributed by atoms with van der Waals surface area (Å²) < 4.78 is 2.08. The molecular weight excluding hydrogens is 242 g/mol. The maximum absolute atomic E-state index is 4.59. The predicted molar refractivity (Wildman–Crippen MR) is 79.4 cm³/mol. The zero-order valence-electron chi connectivity index (χ0n) is 11.1. The van der Waals surface area contributed by atoms with E-state index >= 15 is 0 Å². The van der Waals surface area contributed by atoms with Crippen molar-refractivity contribution < 1.29 is 0 Å². The summed E-state index contributed by atoms with van der Waals surface area (Å²) in [6.07, 6.45) is 5.14. The Labute approximate surface area is 113 Å². The summed E-state index contributed by atoms with van der Waals surface area (Å²) in [6.45, 7) is 5.44. The second kappa shape index (κ2) is 6.81. The van der Waals surface area contributed by atoms with Crippen LogP contribution in [-0.4, -0.2) is 33.5 Å². The van der Waals surface area contributed by atoms with Crippen LogP contribution in [0.3, 0.4) is 0 Å². The normalized spacial score (nSPS) is 13.0. The Bertz CT molecular complexity index is 448. The maximum atomic E-state index is 4.59. The molecule has 0 unspecified atom stereocenters. The van der Waals surface area contributed by atoms with Gasteiger partial charge in [-0.25, -0.2) is 4.98 Å². The summed E-state index contributed by atoms with van der Waals surface area (Å²) in [4.78, 5) is 4.59. The van der Waals surface area contributed by atoms with E-state index in [2.05, 4.69) is 34.7 Å². The molecule has 1 N–H and O–H groups in total. The first-order valence-electron chi connectivity index (χ1n) is 6.53. The van der Waals surface area contributed by atoms with E-state index < -0.39 is 0 Å². The highest BCUT2D eigenvalue weighted by atomic mass is 32.2. The minimum atomic E-state index is 0.576. The first kappa shape index (κ1) is 13.4. The molecule has 0 aliphatic rings. The molecule has 4 heteroatoms. The van der Waals surface area contributed by atoms with Gasteiger partial charge in [0.05, 0.1) is 5.69 Å². The molecule has 18 heavy (non-hydrogen) atoms. The average Bonchev–Trinajstić information content (AvgIpc) is 2.79. The molecule has 2 heterocycles. The van der Waals surface area contributed by atoms with E-state index in [1.807, 2.05) is 36.2 Å². The molecule has 3 nitrogen and oxygen atoms in total. The quantitative estimate of drug-likeness (QED) is 0.832. The van der Waals surface area contributed by atoms with Crippen molar-refractivity contribution in [3.8, 4) is 0 Å². The molecule has 0 saturated heterocycles. The van der Waals surface area contributed by atoms with Gasteiger partial charge in [0, 0.05) is 37.2 Å². The van der Waals surface area contributed by atoms with E-state index in [0.717, 1.165) is 24.3 Å². The fourth-order valence-electron chi connectivity index (χ4n) is 1.91. The lowest BCUT2D eigenvalue weighted by molar-refractivity contribution is 0.594. The monoisotopic (exact) mass is 263 g/mol. The second-order valence-electron chi connectivity index (χ2n) is 4.46. The van der Waals surface area contributed by atoms with Crippen LogP contribution in [0.2, 0.25) is 0 Å². The van der Waals surface area contributed by atoms with Crippen LogP contribution >= 0.6 is 11.8 Å². The SMILES string of the molecule is CCSC[C@@H](C)NCCc1cn2ccccc2n1. The number of pyridine rings is 1. The lowest BCUT2D eigenvalue weighted by Gasteiger charge is -2.11. The fourth-order valence-corrected chi connectivity index (χ4v) is 2.61. The Morgan fingerprint density at radius 3 is 3.11 bits per heavy atom. The fraction of sp³-hybridized carbons (Fsp3) is 0.500. The molecule has 0 saturated carbocycles. The van der Waals surface area contributed by atoms with Crippen molar-refractivity contribution in [2.45, 2.75) is 26.3 Å². The number of nitrogens with one attached hydrogen (secondary N) is 1. The molecule has 98 valence electrons. The van der Waals surface area contributed by atoms with Gasteiger partial charge in [-0.2, -0.15) is 11.8 Å². The molecule has 0 aromatic carbocycles. The van der Waals surface area contributed by atoms with Crippen molar-refractivity contribution in [1.82, 2.24) is 14.7 Å². The van der Waals surface area contributed by atoms with Gasteiger partial charge in [0.25, 0.3) is 0 Å². The standard InChI is InChI=1S/C14H21N3S/c1-3-18-11-12(2)15-8-7-13-10-17-9-5-4-6-14(17)16-13/h4-6,9-10,12,15H,3,7-8,11H2,1-2H3/t12-/m1/s1. The van der Waals surface area contributed by atoms with Crippen LogP contribution < -0.4 is 5.32 Å². The van der Waals surface area contributed by atoms with Crippen molar-refractivity contribution in [3.05, 3.63) is 36.3 Å². The van der Waals surface area contributed by atoms with Gasteiger partial charge in [-0.15, -0.1) is 0 Å². The van der Waals surface area contributed by atoms with E-state index in [4.69, 9.17) is 0 Å². The van der Waals surface area contributed by atoms with Crippen LogP contribution in [-0.2, 0) is 6.42 Å². The molecule has 0 fully saturated rings. The van der Waals surface area contributed by atoms with E-state index in [9.17, 15) is 0 Å². The van der Waals surface area contributed by atoms with Gasteiger partial charge in [-0.3, -0.25) is 0 Å². The van der Waals surface area contributed by atoms with Gasteiger partial charge in [0.2, 0.25) is 0 Å². The Morgan fingerprint density at radius 2 is 2.33 bits per heavy atom. The topological polar surface area (TPSA) is 29.3 Å². The van der Waals surface area contributed by atoms with Crippen LogP contribution in [0.5, 0.6) is 0 Å². The number of imidazole rings is 1. The molecule has 0 aliphatic carbocycles. The van der Waals surface area contributed by atoms with Crippen LogP contribution in [0, 0.1) is 0 Å². The number of fused-ring (bicyclic) bond motifs is 1. The summed E-state index contributed by atoms with van der Waals surface area (Å²) >= 11 is 1.98. The van der Waals surface area contributed by atoms with Gasteiger partial charge in [-0.05, 0) is 24.8 Å². The van der Waals surface area contributed by atoms with E-state index in [0.29, 0.717) is 6.04 Å². The Kier molecular flexibility index (Phi) is 5.08. The molecule has 1 atom stereocenters.